The van der Waals surface area contributed by atoms with E-state index in [9.17, 15) is 15.0 Å². The van der Waals surface area contributed by atoms with Crippen molar-refractivity contribution >= 4 is 40.6 Å². The molecule has 9 heteroatoms. The fourth-order valence-electron chi connectivity index (χ4n) is 3.26. The van der Waals surface area contributed by atoms with Crippen LogP contribution in [0.3, 0.4) is 0 Å². The van der Waals surface area contributed by atoms with Gasteiger partial charge in [0.2, 0.25) is 0 Å². The molecule has 0 aliphatic carbocycles. The predicted octanol–water partition coefficient (Wildman–Crippen LogP) is 3.33. The number of aliphatic hydroxyl groups excluding tert-OH is 1. The largest absolute Gasteiger partial charge is 0.505 e. The van der Waals surface area contributed by atoms with Crippen molar-refractivity contribution in [1.29, 1.82) is 0 Å². The predicted molar refractivity (Wildman–Crippen MR) is 112 cm³/mol. The van der Waals surface area contributed by atoms with Crippen molar-refractivity contribution in [3.05, 3.63) is 54.1 Å². The van der Waals surface area contributed by atoms with Gasteiger partial charge in [0.25, 0.3) is 5.91 Å². The van der Waals surface area contributed by atoms with Crippen molar-refractivity contribution < 1.29 is 15.0 Å². The van der Waals surface area contributed by atoms with E-state index in [1.165, 1.54) is 0 Å². The van der Waals surface area contributed by atoms with Crippen LogP contribution < -0.4 is 10.6 Å². The maximum Gasteiger partial charge on any atom is 0.257 e. The summed E-state index contributed by atoms with van der Waals surface area (Å²) in [6.07, 6.45) is 0.902. The van der Waals surface area contributed by atoms with Gasteiger partial charge < -0.3 is 25.7 Å². The first-order chi connectivity index (χ1) is 14.1. The molecule has 8 nitrogen and oxygen atoms in total. The number of nitrogens with zero attached hydrogens (tertiary/aromatic N) is 3. The molecule has 3 aromatic rings. The number of piperidine rings is 1. The number of likely N-dealkylation sites (tertiary alicyclic amines) is 1. The van der Waals surface area contributed by atoms with Gasteiger partial charge in [-0.1, -0.05) is 24.3 Å². The van der Waals surface area contributed by atoms with Crippen LogP contribution in [0.1, 0.15) is 23.2 Å². The molecule has 0 saturated carbocycles. The number of hydrogen-bond donors (Lipinski definition) is 4. The van der Waals surface area contributed by atoms with Crippen molar-refractivity contribution in [3.63, 3.8) is 0 Å². The highest BCUT2D eigenvalue weighted by Crippen LogP contribution is 2.34. The van der Waals surface area contributed by atoms with Crippen LogP contribution in [0.25, 0.3) is 0 Å². The molecule has 2 heterocycles. The molecule has 1 unspecified atom stereocenters. The van der Waals surface area contributed by atoms with Crippen LogP contribution in [0.15, 0.2) is 48.5 Å². The van der Waals surface area contributed by atoms with E-state index in [2.05, 4.69) is 19.4 Å². The number of aromatic nitrogens is 2. The molecule has 1 aliphatic heterocycles. The number of β-amino-alcohol motifs (C(OH)–C–C–N with tert-alkyl or cyclic N) is 1. The van der Waals surface area contributed by atoms with E-state index >= 15 is 0 Å². The van der Waals surface area contributed by atoms with E-state index in [1.807, 2.05) is 30.3 Å². The van der Waals surface area contributed by atoms with Gasteiger partial charge >= 0.3 is 0 Å². The number of para-hydroxylation sites is 2. The minimum atomic E-state index is -0.524. The Kier molecular flexibility index (Phi) is 5.59. The second-order valence-electron chi connectivity index (χ2n) is 6.83. The number of aromatic hydroxyl groups is 1. The number of phenols is 1. The second kappa shape index (κ2) is 8.46. The second-order valence-corrected chi connectivity index (χ2v) is 7.35. The number of nitrogens with one attached hydrogen (secondary N) is 2. The maximum atomic E-state index is 12.8. The van der Waals surface area contributed by atoms with Gasteiger partial charge in [0.1, 0.15) is 0 Å². The Morgan fingerprint density at radius 2 is 1.83 bits per heavy atom. The number of rotatable bonds is 5. The van der Waals surface area contributed by atoms with Crippen molar-refractivity contribution in [2.45, 2.75) is 18.9 Å². The molecular formula is C20H21N5O3S. The van der Waals surface area contributed by atoms with Crippen LogP contribution in [-0.2, 0) is 0 Å². The van der Waals surface area contributed by atoms with Crippen molar-refractivity contribution in [2.24, 2.45) is 0 Å². The van der Waals surface area contributed by atoms with Gasteiger partial charge in [-0.3, -0.25) is 4.79 Å². The molecule has 0 bridgehead atoms. The number of phenolic OH excluding ortho intramolecular Hbond substituents is 1. The number of aliphatic hydroxyl groups is 1. The number of anilines is 4. The van der Waals surface area contributed by atoms with E-state index in [4.69, 9.17) is 0 Å². The summed E-state index contributed by atoms with van der Waals surface area (Å²) < 4.78 is 8.49. The topological polar surface area (TPSA) is 111 Å². The molecule has 1 atom stereocenters. The van der Waals surface area contributed by atoms with E-state index < -0.39 is 6.10 Å². The highest BCUT2D eigenvalue weighted by Gasteiger charge is 2.26. The van der Waals surface area contributed by atoms with Gasteiger partial charge in [-0.25, -0.2) is 0 Å². The summed E-state index contributed by atoms with van der Waals surface area (Å²) in [6, 6.07) is 14.5. The summed E-state index contributed by atoms with van der Waals surface area (Å²) in [5, 5.41) is 26.8. The van der Waals surface area contributed by atoms with Crippen molar-refractivity contribution in [2.75, 3.05) is 23.7 Å². The lowest BCUT2D eigenvalue weighted by Gasteiger charge is -2.30. The van der Waals surface area contributed by atoms with Crippen molar-refractivity contribution in [1.82, 2.24) is 13.6 Å². The Morgan fingerprint density at radius 1 is 1.07 bits per heavy atom. The summed E-state index contributed by atoms with van der Waals surface area (Å²) in [5.74, 6) is 0.517. The average molecular weight is 411 g/mol. The fraction of sp³-hybridized carbons (Fsp3) is 0.250. The molecule has 150 valence electrons. The van der Waals surface area contributed by atoms with Gasteiger partial charge in [-0.15, -0.1) is 0 Å². The third-order valence-electron chi connectivity index (χ3n) is 4.73. The summed E-state index contributed by atoms with van der Waals surface area (Å²) in [6.45, 7) is 0.839. The van der Waals surface area contributed by atoms with Crippen molar-refractivity contribution in [3.8, 4) is 5.75 Å². The molecule has 1 aromatic heterocycles. The van der Waals surface area contributed by atoms with Gasteiger partial charge in [0.05, 0.1) is 29.1 Å². The smallest absolute Gasteiger partial charge is 0.257 e. The molecule has 29 heavy (non-hydrogen) atoms. The Balaban J connectivity index is 1.54. The lowest BCUT2D eigenvalue weighted by atomic mass is 10.1. The molecule has 1 saturated heterocycles. The molecule has 1 aliphatic rings. The molecule has 1 fully saturated rings. The number of hydrogen-bond acceptors (Lipinski definition) is 8. The first kappa shape index (κ1) is 19.2. The molecule has 4 N–H and O–H groups in total. The lowest BCUT2D eigenvalue weighted by molar-refractivity contribution is 0.0471. The Morgan fingerprint density at radius 3 is 2.59 bits per heavy atom. The van der Waals surface area contributed by atoms with Crippen LogP contribution in [-0.4, -0.2) is 49.0 Å². The van der Waals surface area contributed by atoms with E-state index in [0.29, 0.717) is 30.3 Å². The number of carbonyl (C=O) groups is 1. The van der Waals surface area contributed by atoms with Crippen LogP contribution in [0.2, 0.25) is 0 Å². The van der Waals surface area contributed by atoms with E-state index in [-0.39, 0.29) is 23.8 Å². The quantitative estimate of drug-likeness (QED) is 0.477. The first-order valence-corrected chi connectivity index (χ1v) is 10.1. The zero-order valence-electron chi connectivity index (χ0n) is 15.6. The number of amides is 1. The summed E-state index contributed by atoms with van der Waals surface area (Å²) in [5.41, 5.74) is 1.40. The SMILES string of the molecule is O=C(c1cccc(Nc2nsnc2Nc2ccccc2)c1O)N1CCCC(O)C1. The van der Waals surface area contributed by atoms with Crippen LogP contribution in [0.5, 0.6) is 5.75 Å². The zero-order valence-corrected chi connectivity index (χ0v) is 16.4. The molecule has 2 aromatic carbocycles. The highest BCUT2D eigenvalue weighted by molar-refractivity contribution is 6.99. The average Bonchev–Trinajstić information content (AvgIpc) is 3.16. The minimum Gasteiger partial charge on any atom is -0.505 e. The maximum absolute atomic E-state index is 12.8. The first-order valence-electron chi connectivity index (χ1n) is 9.33. The van der Waals surface area contributed by atoms with Gasteiger partial charge in [0.15, 0.2) is 17.4 Å². The molecule has 1 amide bonds. The summed E-state index contributed by atoms with van der Waals surface area (Å²) >= 11 is 1.03. The summed E-state index contributed by atoms with van der Waals surface area (Å²) in [4.78, 5) is 14.4. The number of benzene rings is 2. The Labute approximate surface area is 172 Å². The van der Waals surface area contributed by atoms with Crippen LogP contribution in [0.4, 0.5) is 23.0 Å². The molecule has 0 spiro atoms. The molecule has 0 radical (unpaired) electrons. The van der Waals surface area contributed by atoms with Crippen LogP contribution >= 0.6 is 11.7 Å². The number of carbonyl (C=O) groups excluding carboxylic acids is 1. The minimum absolute atomic E-state index is 0.156. The molecular weight excluding hydrogens is 390 g/mol. The van der Waals surface area contributed by atoms with E-state index in [1.54, 1.807) is 23.1 Å². The Hall–Kier alpha value is -3.17. The highest BCUT2D eigenvalue weighted by atomic mass is 32.1. The van der Waals surface area contributed by atoms with Gasteiger partial charge in [0, 0.05) is 18.8 Å². The van der Waals surface area contributed by atoms with Crippen LogP contribution in [0, 0.1) is 0 Å². The fourth-order valence-corrected chi connectivity index (χ4v) is 3.73. The third-order valence-corrected chi connectivity index (χ3v) is 5.26. The van der Waals surface area contributed by atoms with E-state index in [0.717, 1.165) is 23.8 Å². The summed E-state index contributed by atoms with van der Waals surface area (Å²) in [7, 11) is 0. The Bertz CT molecular complexity index is 995. The standard InChI is InChI=1S/C20H21N5O3S/c26-14-8-5-11-25(12-14)20(28)15-9-4-10-16(17(15)27)22-19-18(23-29-24-19)21-13-6-2-1-3-7-13/h1-4,6-7,9-10,14,26-27H,5,8,11-12H2,(H,21,23)(H,22,24). The zero-order chi connectivity index (χ0) is 20.2. The van der Waals surface area contributed by atoms with Gasteiger partial charge in [-0.2, -0.15) is 8.75 Å². The monoisotopic (exact) mass is 411 g/mol. The normalized spacial score (nSPS) is 16.4. The lowest BCUT2D eigenvalue weighted by Crippen LogP contribution is -2.42. The third kappa shape index (κ3) is 4.30. The molecule has 4 rings (SSSR count). The van der Waals surface area contributed by atoms with Gasteiger partial charge in [-0.05, 0) is 37.1 Å².